The van der Waals surface area contributed by atoms with Crippen molar-refractivity contribution < 1.29 is 42.3 Å². The van der Waals surface area contributed by atoms with Crippen LogP contribution in [-0.4, -0.2) is 52.8 Å². The van der Waals surface area contributed by atoms with E-state index >= 15 is 0 Å². The molecule has 0 bridgehead atoms. The van der Waals surface area contributed by atoms with Gasteiger partial charge in [0.05, 0.1) is 40.1 Å². The number of aliphatic hydroxyl groups is 2. The quantitative estimate of drug-likeness (QED) is 0.257. The van der Waals surface area contributed by atoms with E-state index in [-0.39, 0.29) is 35.8 Å². The first-order valence-corrected chi connectivity index (χ1v) is 14.9. The average Bonchev–Trinajstić information content (AvgIpc) is 2.96. The van der Waals surface area contributed by atoms with Crippen LogP contribution in [0.1, 0.15) is 55.1 Å². The van der Waals surface area contributed by atoms with E-state index < -0.39 is 22.0 Å². The monoisotopic (exact) mass is 574 g/mol. The van der Waals surface area contributed by atoms with Gasteiger partial charge in [0.1, 0.15) is 11.5 Å². The van der Waals surface area contributed by atoms with Crippen LogP contribution < -0.4 is 23.7 Å². The molecule has 0 heterocycles. The fraction of sp³-hybridized carbons (Fsp3) is 0.400. The maximum absolute atomic E-state index is 12.8. The SMILES string of the molecule is CCCOc1c(OCc2ccccc2)cc([C@@H](O)CCC(O)c2cc(OC)c(OC)c(OC)c2)cc1S(C)(=O)=O. The normalized spacial score (nSPS) is 12.9. The van der Waals surface area contributed by atoms with Crippen molar-refractivity contribution in [3.05, 3.63) is 71.3 Å². The van der Waals surface area contributed by atoms with E-state index in [1.807, 2.05) is 37.3 Å². The molecular formula is C30H38O9S. The summed E-state index contributed by atoms with van der Waals surface area (Å²) in [4.78, 5) is -0.0641. The first kappa shape index (κ1) is 31.1. The second kappa shape index (κ2) is 14.2. The van der Waals surface area contributed by atoms with Gasteiger partial charge in [0, 0.05) is 6.26 Å². The minimum Gasteiger partial charge on any atom is -0.493 e. The molecule has 2 N–H and O–H groups in total. The molecule has 2 atom stereocenters. The number of hydrogen-bond donors (Lipinski definition) is 2. The van der Waals surface area contributed by atoms with E-state index in [2.05, 4.69) is 0 Å². The molecule has 1 unspecified atom stereocenters. The number of benzene rings is 3. The van der Waals surface area contributed by atoms with Gasteiger partial charge in [0.15, 0.2) is 32.8 Å². The summed E-state index contributed by atoms with van der Waals surface area (Å²) in [6.07, 6.45) is 0.0170. The van der Waals surface area contributed by atoms with E-state index in [9.17, 15) is 18.6 Å². The number of hydrogen-bond acceptors (Lipinski definition) is 9. The van der Waals surface area contributed by atoms with E-state index in [1.54, 1.807) is 18.2 Å². The highest BCUT2D eigenvalue weighted by molar-refractivity contribution is 7.90. The third-order valence-corrected chi connectivity index (χ3v) is 7.40. The molecule has 0 aromatic heterocycles. The van der Waals surface area contributed by atoms with Gasteiger partial charge in [0.2, 0.25) is 5.75 Å². The first-order chi connectivity index (χ1) is 19.1. The van der Waals surface area contributed by atoms with Gasteiger partial charge in [-0.15, -0.1) is 0 Å². The summed E-state index contributed by atoms with van der Waals surface area (Å²) < 4.78 is 53.4. The molecule has 0 aliphatic heterocycles. The highest BCUT2D eigenvalue weighted by Gasteiger charge is 2.25. The molecule has 0 saturated carbocycles. The molecule has 10 heteroatoms. The third-order valence-electron chi connectivity index (χ3n) is 6.30. The summed E-state index contributed by atoms with van der Waals surface area (Å²) in [5.74, 6) is 1.55. The van der Waals surface area contributed by atoms with Crippen LogP contribution in [0.3, 0.4) is 0 Å². The van der Waals surface area contributed by atoms with Crippen LogP contribution in [0.25, 0.3) is 0 Å². The largest absolute Gasteiger partial charge is 0.493 e. The van der Waals surface area contributed by atoms with Crippen LogP contribution in [-0.2, 0) is 16.4 Å². The molecule has 0 fully saturated rings. The van der Waals surface area contributed by atoms with Crippen molar-refractivity contribution in [2.45, 2.75) is 49.9 Å². The van der Waals surface area contributed by atoms with Crippen molar-refractivity contribution in [1.29, 1.82) is 0 Å². The van der Waals surface area contributed by atoms with Crippen molar-refractivity contribution in [3.63, 3.8) is 0 Å². The Hall–Kier alpha value is -3.47. The molecule has 0 spiro atoms. The molecule has 0 radical (unpaired) electrons. The van der Waals surface area contributed by atoms with Crippen LogP contribution in [0.15, 0.2) is 59.5 Å². The number of sulfone groups is 1. The number of rotatable bonds is 15. The molecule has 218 valence electrons. The maximum Gasteiger partial charge on any atom is 0.203 e. The zero-order valence-electron chi connectivity index (χ0n) is 23.5. The number of methoxy groups -OCH3 is 3. The molecule has 0 amide bonds. The highest BCUT2D eigenvalue weighted by atomic mass is 32.2. The number of aliphatic hydroxyl groups excluding tert-OH is 2. The Morgan fingerprint density at radius 3 is 1.80 bits per heavy atom. The fourth-order valence-electron chi connectivity index (χ4n) is 4.20. The predicted molar refractivity (Wildman–Crippen MR) is 151 cm³/mol. The van der Waals surface area contributed by atoms with Gasteiger partial charge in [-0.3, -0.25) is 0 Å². The van der Waals surface area contributed by atoms with Gasteiger partial charge in [-0.2, -0.15) is 0 Å². The average molecular weight is 575 g/mol. The lowest BCUT2D eigenvalue weighted by Gasteiger charge is -2.21. The van der Waals surface area contributed by atoms with Gasteiger partial charge in [-0.25, -0.2) is 8.42 Å². The van der Waals surface area contributed by atoms with Crippen LogP contribution >= 0.6 is 0 Å². The van der Waals surface area contributed by atoms with Gasteiger partial charge in [-0.1, -0.05) is 37.3 Å². The molecule has 0 saturated heterocycles. The van der Waals surface area contributed by atoms with E-state index in [0.29, 0.717) is 41.4 Å². The molecule has 3 aromatic carbocycles. The van der Waals surface area contributed by atoms with Crippen molar-refractivity contribution in [1.82, 2.24) is 0 Å². The Morgan fingerprint density at radius 2 is 1.30 bits per heavy atom. The summed E-state index contributed by atoms with van der Waals surface area (Å²) in [6, 6.07) is 15.8. The molecule has 3 rings (SSSR count). The molecule has 0 aliphatic rings. The van der Waals surface area contributed by atoms with Crippen molar-refractivity contribution >= 4 is 9.84 Å². The zero-order chi connectivity index (χ0) is 29.3. The lowest BCUT2D eigenvalue weighted by Crippen LogP contribution is -2.10. The van der Waals surface area contributed by atoms with Gasteiger partial charge in [0.25, 0.3) is 0 Å². The third kappa shape index (κ3) is 7.80. The Labute approximate surface area is 236 Å². The van der Waals surface area contributed by atoms with E-state index in [1.165, 1.54) is 27.4 Å². The van der Waals surface area contributed by atoms with E-state index in [4.69, 9.17) is 23.7 Å². The summed E-state index contributed by atoms with van der Waals surface area (Å²) in [5.41, 5.74) is 1.75. The lowest BCUT2D eigenvalue weighted by molar-refractivity contribution is 0.114. The van der Waals surface area contributed by atoms with Crippen LogP contribution in [0.2, 0.25) is 0 Å². The Morgan fingerprint density at radius 1 is 0.750 bits per heavy atom. The molecule has 3 aromatic rings. The highest BCUT2D eigenvalue weighted by Crippen LogP contribution is 2.42. The maximum atomic E-state index is 12.8. The topological polar surface area (TPSA) is 121 Å². The van der Waals surface area contributed by atoms with Crippen LogP contribution in [0, 0.1) is 0 Å². The van der Waals surface area contributed by atoms with Crippen molar-refractivity contribution in [2.24, 2.45) is 0 Å². The molecule has 9 nitrogen and oxygen atoms in total. The molecule has 0 aliphatic carbocycles. The zero-order valence-corrected chi connectivity index (χ0v) is 24.4. The summed E-state index contributed by atoms with van der Waals surface area (Å²) >= 11 is 0. The summed E-state index contributed by atoms with van der Waals surface area (Å²) in [5, 5.41) is 22.0. The summed E-state index contributed by atoms with van der Waals surface area (Å²) in [6.45, 7) is 2.40. The van der Waals surface area contributed by atoms with Gasteiger partial charge in [-0.05, 0) is 60.2 Å². The second-order valence-electron chi connectivity index (χ2n) is 9.31. The van der Waals surface area contributed by atoms with Gasteiger partial charge < -0.3 is 33.9 Å². The van der Waals surface area contributed by atoms with Crippen LogP contribution in [0.5, 0.6) is 28.7 Å². The molecule has 40 heavy (non-hydrogen) atoms. The lowest BCUT2D eigenvalue weighted by atomic mass is 9.98. The standard InChI is InChI=1S/C30H38O9S/c1-6-14-38-30-27(39-19-20-10-8-7-9-11-20)17-22(18-28(30)40(5,33)34)24(32)13-12-23(31)21-15-25(35-2)29(37-4)26(16-21)36-3/h7-11,15-18,23-24,31-32H,6,12-14,19H2,1-5H3/t23?,24-/m0/s1. The minimum atomic E-state index is -3.73. The summed E-state index contributed by atoms with van der Waals surface area (Å²) in [7, 11) is 0.743. The Kier molecular flexibility index (Phi) is 11.1. The first-order valence-electron chi connectivity index (χ1n) is 13.0. The van der Waals surface area contributed by atoms with Gasteiger partial charge >= 0.3 is 0 Å². The smallest absolute Gasteiger partial charge is 0.203 e. The molecular weight excluding hydrogens is 536 g/mol. The van der Waals surface area contributed by atoms with E-state index in [0.717, 1.165) is 11.8 Å². The minimum absolute atomic E-state index is 0.0641. The second-order valence-corrected chi connectivity index (χ2v) is 11.3. The predicted octanol–water partition coefficient (Wildman–Crippen LogP) is 5.03. The fourth-order valence-corrected chi connectivity index (χ4v) is 5.04. The van der Waals surface area contributed by atoms with Crippen molar-refractivity contribution in [2.75, 3.05) is 34.2 Å². The number of ether oxygens (including phenoxy) is 5. The Balaban J connectivity index is 1.89. The van der Waals surface area contributed by atoms with Crippen molar-refractivity contribution in [3.8, 4) is 28.7 Å². The Bertz CT molecular complexity index is 1330. The van der Waals surface area contributed by atoms with Crippen LogP contribution in [0.4, 0.5) is 0 Å².